The maximum atomic E-state index is 11.0. The van der Waals surface area contributed by atoms with Crippen molar-refractivity contribution in [3.05, 3.63) is 41.1 Å². The fourth-order valence-corrected chi connectivity index (χ4v) is 2.74. The van der Waals surface area contributed by atoms with E-state index in [9.17, 15) is 8.42 Å². The Bertz CT molecular complexity index is 561. The number of thioether (sulfide) groups is 1. The third-order valence-electron chi connectivity index (χ3n) is 1.76. The Morgan fingerprint density at radius 2 is 2.06 bits per heavy atom. The molecule has 0 unspecified atom stereocenters. The molecule has 0 amide bonds. The normalized spacial score (nSPS) is 14.9. The highest BCUT2D eigenvalue weighted by atomic mass is 32.2. The van der Waals surface area contributed by atoms with E-state index in [0.717, 1.165) is 16.7 Å². The van der Waals surface area contributed by atoms with Gasteiger partial charge in [0.1, 0.15) is 0 Å². The molecule has 1 heterocycles. The minimum absolute atomic E-state index is 0.253. The molecule has 0 radical (unpaired) electrons. The Labute approximate surface area is 98.2 Å². The number of rotatable bonds is 2. The second-order valence-corrected chi connectivity index (χ2v) is 5.77. The van der Waals surface area contributed by atoms with Crippen molar-refractivity contribution in [1.29, 1.82) is 0 Å². The van der Waals surface area contributed by atoms with Crippen LogP contribution in [0.5, 0.6) is 0 Å². The van der Waals surface area contributed by atoms with Crippen molar-refractivity contribution in [2.24, 2.45) is 4.99 Å². The topological polar surface area (TPSA) is 55.7 Å². The van der Waals surface area contributed by atoms with Crippen LogP contribution < -0.4 is 0 Å². The highest BCUT2D eigenvalue weighted by molar-refractivity contribution is 8.03. The molecule has 4 nitrogen and oxygen atoms in total. The van der Waals surface area contributed by atoms with Gasteiger partial charge in [-0.3, -0.25) is 4.99 Å². The second-order valence-electron chi connectivity index (χ2n) is 3.15. The number of hydrogen-bond donors (Lipinski definition) is 0. The summed E-state index contributed by atoms with van der Waals surface area (Å²) in [5.41, 5.74) is 0.941. The first-order valence-corrected chi connectivity index (χ1v) is 7.07. The third-order valence-corrected chi connectivity index (χ3v) is 3.33. The van der Waals surface area contributed by atoms with Gasteiger partial charge in [-0.15, -0.1) is 0 Å². The predicted octanol–water partition coefficient (Wildman–Crippen LogP) is 1.99. The summed E-state index contributed by atoms with van der Waals surface area (Å²) in [7, 11) is -3.51. The molecular weight excluding hydrogens is 246 g/mol. The summed E-state index contributed by atoms with van der Waals surface area (Å²) in [5, 5.41) is 0.253. The van der Waals surface area contributed by atoms with Crippen LogP contribution >= 0.6 is 11.8 Å². The minimum atomic E-state index is -3.51. The molecule has 0 fully saturated rings. The van der Waals surface area contributed by atoms with Gasteiger partial charge in [0.2, 0.25) is 0 Å². The first-order valence-electron chi connectivity index (χ1n) is 4.44. The number of nitrogens with zero attached hydrogens (tertiary/aromatic N) is 1. The third kappa shape index (κ3) is 2.86. The summed E-state index contributed by atoms with van der Waals surface area (Å²) in [5.74, 6) is 0. The first kappa shape index (κ1) is 11.2. The number of hydrogen-bond acceptors (Lipinski definition) is 5. The smallest absolute Gasteiger partial charge is 0.306 e. The molecule has 0 bridgehead atoms. The lowest BCUT2D eigenvalue weighted by Crippen LogP contribution is -2.00. The van der Waals surface area contributed by atoms with E-state index in [-0.39, 0.29) is 5.09 Å². The molecule has 84 valence electrons. The average molecular weight is 255 g/mol. The van der Waals surface area contributed by atoms with E-state index in [4.69, 9.17) is 4.18 Å². The van der Waals surface area contributed by atoms with Crippen molar-refractivity contribution >= 4 is 28.1 Å². The summed E-state index contributed by atoms with van der Waals surface area (Å²) < 4.78 is 26.8. The average Bonchev–Trinajstić information content (AvgIpc) is 2.36. The summed E-state index contributed by atoms with van der Waals surface area (Å²) in [6, 6.07) is 7.57. The molecule has 1 aliphatic rings. The zero-order chi connectivity index (χ0) is 11.6. The van der Waals surface area contributed by atoms with Crippen LogP contribution in [0.15, 0.2) is 45.4 Å². The van der Waals surface area contributed by atoms with Crippen molar-refractivity contribution < 1.29 is 12.6 Å². The first-order chi connectivity index (χ1) is 7.54. The molecule has 0 atom stereocenters. The van der Waals surface area contributed by atoms with Gasteiger partial charge in [-0.1, -0.05) is 18.2 Å². The highest BCUT2D eigenvalue weighted by Gasteiger charge is 2.13. The molecule has 0 aliphatic carbocycles. The Hall–Kier alpha value is -1.27. The Balaban J connectivity index is 2.30. The van der Waals surface area contributed by atoms with E-state index in [0.29, 0.717) is 0 Å². The molecule has 16 heavy (non-hydrogen) atoms. The Morgan fingerprint density at radius 3 is 2.81 bits per heavy atom. The largest absolute Gasteiger partial charge is 0.373 e. The van der Waals surface area contributed by atoms with Crippen LogP contribution in [0.1, 0.15) is 5.56 Å². The van der Waals surface area contributed by atoms with Crippen molar-refractivity contribution in [2.75, 3.05) is 6.26 Å². The van der Waals surface area contributed by atoms with E-state index >= 15 is 0 Å². The van der Waals surface area contributed by atoms with Crippen LogP contribution in [0.25, 0.3) is 0 Å². The van der Waals surface area contributed by atoms with E-state index in [1.165, 1.54) is 18.0 Å². The molecular formula is C10H9NO3S2. The molecule has 0 spiro atoms. The van der Waals surface area contributed by atoms with Gasteiger partial charge in [0.15, 0.2) is 5.09 Å². The Morgan fingerprint density at radius 1 is 1.31 bits per heavy atom. The van der Waals surface area contributed by atoms with E-state index in [1.807, 2.05) is 24.3 Å². The molecule has 6 heteroatoms. The summed E-state index contributed by atoms with van der Waals surface area (Å²) >= 11 is 1.24. The molecule has 2 rings (SSSR count). The second kappa shape index (κ2) is 4.31. The van der Waals surface area contributed by atoms with Crippen LogP contribution in [0.3, 0.4) is 0 Å². The molecule has 1 aromatic rings. The lowest BCUT2D eigenvalue weighted by Gasteiger charge is -2.06. The lowest BCUT2D eigenvalue weighted by atomic mass is 10.2. The number of benzene rings is 1. The fourth-order valence-electron chi connectivity index (χ4n) is 1.18. The molecule has 0 aromatic heterocycles. The fraction of sp³-hybridized carbons (Fsp3) is 0.100. The molecule has 1 aromatic carbocycles. The van der Waals surface area contributed by atoms with E-state index in [2.05, 4.69) is 4.99 Å². The van der Waals surface area contributed by atoms with Gasteiger partial charge >= 0.3 is 10.1 Å². The van der Waals surface area contributed by atoms with Crippen molar-refractivity contribution in [3.63, 3.8) is 0 Å². The van der Waals surface area contributed by atoms with Gasteiger partial charge < -0.3 is 4.18 Å². The highest BCUT2D eigenvalue weighted by Crippen LogP contribution is 2.32. The van der Waals surface area contributed by atoms with Crippen molar-refractivity contribution in [1.82, 2.24) is 0 Å². The quantitative estimate of drug-likeness (QED) is 0.758. The number of fused-ring (bicyclic) bond motifs is 1. The molecule has 0 saturated carbocycles. The summed E-state index contributed by atoms with van der Waals surface area (Å²) in [6.45, 7) is 0. The monoisotopic (exact) mass is 255 g/mol. The van der Waals surface area contributed by atoms with Crippen LogP contribution in [0, 0.1) is 0 Å². The van der Waals surface area contributed by atoms with Gasteiger partial charge in [-0.25, -0.2) is 0 Å². The summed E-state index contributed by atoms with van der Waals surface area (Å²) in [6.07, 6.45) is 4.07. The van der Waals surface area contributed by atoms with Crippen LogP contribution in [0.4, 0.5) is 0 Å². The van der Waals surface area contributed by atoms with Crippen LogP contribution in [-0.4, -0.2) is 20.9 Å². The predicted molar refractivity (Wildman–Crippen MR) is 63.9 cm³/mol. The van der Waals surface area contributed by atoms with Gasteiger partial charge in [-0.05, 0) is 17.8 Å². The van der Waals surface area contributed by atoms with Crippen molar-refractivity contribution in [3.8, 4) is 0 Å². The van der Waals surface area contributed by atoms with Gasteiger partial charge in [-0.2, -0.15) is 8.42 Å². The lowest BCUT2D eigenvalue weighted by molar-refractivity contribution is 0.439. The zero-order valence-corrected chi connectivity index (χ0v) is 10.1. The van der Waals surface area contributed by atoms with E-state index in [1.54, 1.807) is 6.21 Å². The molecule has 1 aliphatic heterocycles. The van der Waals surface area contributed by atoms with E-state index < -0.39 is 10.1 Å². The standard InChI is InChI=1S/C10H9NO3S2/c1-16(12,13)14-10-7-11-6-8-4-2-3-5-9(8)15-10/h2-7H,1H3. The summed E-state index contributed by atoms with van der Waals surface area (Å²) in [4.78, 5) is 4.90. The zero-order valence-electron chi connectivity index (χ0n) is 8.45. The van der Waals surface area contributed by atoms with Gasteiger partial charge in [0, 0.05) is 16.7 Å². The van der Waals surface area contributed by atoms with Crippen LogP contribution in [-0.2, 0) is 14.3 Å². The van der Waals surface area contributed by atoms with Crippen molar-refractivity contribution in [2.45, 2.75) is 4.90 Å². The Kier molecular flexibility index (Phi) is 3.02. The minimum Gasteiger partial charge on any atom is -0.373 e. The molecule has 0 N–H and O–H groups in total. The molecule has 0 saturated heterocycles. The van der Waals surface area contributed by atoms with Gasteiger partial charge in [0.05, 0.1) is 12.5 Å². The van der Waals surface area contributed by atoms with Crippen LogP contribution in [0.2, 0.25) is 0 Å². The number of aliphatic imine (C=N–C) groups is 1. The van der Waals surface area contributed by atoms with Gasteiger partial charge in [0.25, 0.3) is 0 Å². The maximum Gasteiger partial charge on any atom is 0.306 e. The maximum absolute atomic E-state index is 11.0. The SMILES string of the molecule is CS(=O)(=O)OC1=CN=Cc2ccccc2S1.